The molecule has 0 spiro atoms. The summed E-state index contributed by atoms with van der Waals surface area (Å²) in [4.78, 5) is 30.9. The SMILES string of the molecule is Cc1ccc(-n2c(=O)c3ccccc3n3c(SCc4cc(=O)n5ccsc5n4)nnc23)cc1. The first-order chi connectivity index (χ1) is 16.1. The number of aromatic nitrogens is 6. The van der Waals surface area contributed by atoms with E-state index in [9.17, 15) is 9.59 Å². The summed E-state index contributed by atoms with van der Waals surface area (Å²) in [5.74, 6) is 0.884. The molecule has 8 nitrogen and oxygen atoms in total. The highest BCUT2D eigenvalue weighted by Crippen LogP contribution is 2.25. The van der Waals surface area contributed by atoms with Crippen molar-refractivity contribution in [1.82, 2.24) is 28.5 Å². The van der Waals surface area contributed by atoms with Crippen molar-refractivity contribution >= 4 is 44.7 Å². The van der Waals surface area contributed by atoms with Gasteiger partial charge in [0.1, 0.15) is 0 Å². The molecule has 0 saturated carbocycles. The van der Waals surface area contributed by atoms with Gasteiger partial charge in [0.25, 0.3) is 11.1 Å². The molecule has 0 amide bonds. The Balaban J connectivity index is 1.51. The first-order valence-corrected chi connectivity index (χ1v) is 12.0. The van der Waals surface area contributed by atoms with Crippen LogP contribution in [-0.4, -0.2) is 28.5 Å². The Kier molecular flexibility index (Phi) is 4.63. The van der Waals surface area contributed by atoms with E-state index in [-0.39, 0.29) is 11.1 Å². The van der Waals surface area contributed by atoms with Crippen LogP contribution in [0, 0.1) is 6.92 Å². The van der Waals surface area contributed by atoms with E-state index in [1.54, 1.807) is 10.8 Å². The maximum atomic E-state index is 13.4. The van der Waals surface area contributed by atoms with Crippen LogP contribution >= 0.6 is 23.1 Å². The number of fused-ring (bicyclic) bond motifs is 4. The molecule has 10 heteroatoms. The van der Waals surface area contributed by atoms with Crippen molar-refractivity contribution in [1.29, 1.82) is 0 Å². The summed E-state index contributed by atoms with van der Waals surface area (Å²) in [6, 6.07) is 16.7. The fraction of sp³-hybridized carbons (Fsp3) is 0.0870. The Morgan fingerprint density at radius 2 is 1.85 bits per heavy atom. The van der Waals surface area contributed by atoms with Crippen LogP contribution in [0.25, 0.3) is 27.3 Å². The van der Waals surface area contributed by atoms with Crippen molar-refractivity contribution in [3.8, 4) is 5.69 Å². The van der Waals surface area contributed by atoms with Gasteiger partial charge in [-0.2, -0.15) is 0 Å². The highest BCUT2D eigenvalue weighted by atomic mass is 32.2. The zero-order valence-electron chi connectivity index (χ0n) is 17.4. The molecule has 0 N–H and O–H groups in total. The van der Waals surface area contributed by atoms with Crippen LogP contribution in [0.3, 0.4) is 0 Å². The van der Waals surface area contributed by atoms with E-state index in [1.165, 1.54) is 33.6 Å². The summed E-state index contributed by atoms with van der Waals surface area (Å²) in [5, 5.41) is 11.8. The van der Waals surface area contributed by atoms with Crippen molar-refractivity contribution in [2.24, 2.45) is 0 Å². The van der Waals surface area contributed by atoms with E-state index in [0.717, 1.165) is 16.8 Å². The van der Waals surface area contributed by atoms with Gasteiger partial charge < -0.3 is 0 Å². The minimum Gasteiger partial charge on any atom is -0.269 e. The molecule has 6 rings (SSSR count). The second kappa shape index (κ2) is 7.68. The van der Waals surface area contributed by atoms with E-state index < -0.39 is 0 Å². The van der Waals surface area contributed by atoms with Gasteiger partial charge in [-0.15, -0.1) is 21.5 Å². The zero-order chi connectivity index (χ0) is 22.5. The fourth-order valence-corrected chi connectivity index (χ4v) is 5.37. The number of hydrogen-bond acceptors (Lipinski definition) is 7. The van der Waals surface area contributed by atoms with E-state index >= 15 is 0 Å². The highest BCUT2D eigenvalue weighted by Gasteiger charge is 2.18. The minimum atomic E-state index is -0.149. The van der Waals surface area contributed by atoms with E-state index in [0.29, 0.717) is 32.7 Å². The lowest BCUT2D eigenvalue weighted by Crippen LogP contribution is -2.21. The van der Waals surface area contributed by atoms with Crippen LogP contribution < -0.4 is 11.1 Å². The van der Waals surface area contributed by atoms with Crippen LogP contribution in [0.15, 0.2) is 80.9 Å². The first kappa shape index (κ1) is 19.9. The fourth-order valence-electron chi connectivity index (χ4n) is 3.80. The number of para-hydroxylation sites is 1. The molecule has 0 bridgehead atoms. The molecule has 4 aromatic heterocycles. The smallest absolute Gasteiger partial charge is 0.267 e. The normalized spacial score (nSPS) is 11.7. The largest absolute Gasteiger partial charge is 0.269 e. The van der Waals surface area contributed by atoms with Crippen LogP contribution in [0.1, 0.15) is 11.3 Å². The van der Waals surface area contributed by atoms with E-state index in [4.69, 9.17) is 0 Å². The highest BCUT2D eigenvalue weighted by molar-refractivity contribution is 7.98. The lowest BCUT2D eigenvalue weighted by atomic mass is 10.2. The molecule has 162 valence electrons. The molecule has 0 saturated heterocycles. The minimum absolute atomic E-state index is 0.110. The van der Waals surface area contributed by atoms with Gasteiger partial charge in [0, 0.05) is 23.4 Å². The monoisotopic (exact) mass is 472 g/mol. The maximum absolute atomic E-state index is 13.4. The van der Waals surface area contributed by atoms with Crippen LogP contribution in [0.4, 0.5) is 0 Å². The van der Waals surface area contributed by atoms with Crippen molar-refractivity contribution in [3.63, 3.8) is 0 Å². The molecule has 0 atom stereocenters. The Morgan fingerprint density at radius 3 is 2.70 bits per heavy atom. The van der Waals surface area contributed by atoms with Crippen molar-refractivity contribution in [2.75, 3.05) is 0 Å². The number of thiazole rings is 1. The third kappa shape index (κ3) is 3.26. The average Bonchev–Trinajstić information content (AvgIpc) is 3.47. The molecule has 0 unspecified atom stereocenters. The molecule has 0 aliphatic carbocycles. The van der Waals surface area contributed by atoms with Crippen LogP contribution in [0.5, 0.6) is 0 Å². The molecule has 0 fully saturated rings. The van der Waals surface area contributed by atoms with Gasteiger partial charge >= 0.3 is 0 Å². The first-order valence-electron chi connectivity index (χ1n) is 10.1. The number of thioether (sulfide) groups is 1. The van der Waals surface area contributed by atoms with Crippen LogP contribution in [0.2, 0.25) is 0 Å². The summed E-state index contributed by atoms with van der Waals surface area (Å²) < 4.78 is 5.00. The number of hydrogen-bond donors (Lipinski definition) is 0. The molecule has 0 aliphatic rings. The van der Waals surface area contributed by atoms with Crippen molar-refractivity contribution in [2.45, 2.75) is 17.8 Å². The van der Waals surface area contributed by atoms with Gasteiger partial charge in [-0.1, -0.05) is 41.6 Å². The van der Waals surface area contributed by atoms with Crippen LogP contribution in [-0.2, 0) is 5.75 Å². The van der Waals surface area contributed by atoms with Gasteiger partial charge in [-0.3, -0.25) is 18.4 Å². The third-order valence-corrected chi connectivity index (χ3v) is 7.11. The summed E-state index contributed by atoms with van der Waals surface area (Å²) in [7, 11) is 0. The Morgan fingerprint density at radius 1 is 1.03 bits per heavy atom. The second-order valence-electron chi connectivity index (χ2n) is 7.54. The van der Waals surface area contributed by atoms with Crippen molar-refractivity contribution in [3.05, 3.63) is 98.1 Å². The maximum Gasteiger partial charge on any atom is 0.267 e. The summed E-state index contributed by atoms with van der Waals surface area (Å²) in [6.07, 6.45) is 1.72. The molecule has 2 aromatic carbocycles. The Bertz CT molecular complexity index is 1780. The number of aryl methyl sites for hydroxylation is 1. The molecule has 33 heavy (non-hydrogen) atoms. The van der Waals surface area contributed by atoms with Gasteiger partial charge in [0.2, 0.25) is 5.78 Å². The molecular formula is C23H16N6O2S2. The van der Waals surface area contributed by atoms with Gasteiger partial charge in [-0.05, 0) is 31.2 Å². The summed E-state index contributed by atoms with van der Waals surface area (Å²) >= 11 is 2.84. The quantitative estimate of drug-likeness (QED) is 0.364. The Hall–Kier alpha value is -3.76. The predicted molar refractivity (Wildman–Crippen MR) is 130 cm³/mol. The molecule has 0 aliphatic heterocycles. The van der Waals surface area contributed by atoms with E-state index in [1.807, 2.05) is 65.2 Å². The van der Waals surface area contributed by atoms with Gasteiger partial charge in [0.15, 0.2) is 10.1 Å². The topological polar surface area (TPSA) is 86.6 Å². The molecular weight excluding hydrogens is 456 g/mol. The number of benzene rings is 2. The molecule has 0 radical (unpaired) electrons. The Labute approximate surface area is 194 Å². The molecule has 6 aromatic rings. The molecule has 4 heterocycles. The van der Waals surface area contributed by atoms with Crippen molar-refractivity contribution < 1.29 is 0 Å². The number of nitrogens with zero attached hydrogens (tertiary/aromatic N) is 6. The number of rotatable bonds is 4. The lowest BCUT2D eigenvalue weighted by Gasteiger charge is -2.11. The third-order valence-electron chi connectivity index (χ3n) is 5.39. The predicted octanol–water partition coefficient (Wildman–Crippen LogP) is 3.70. The van der Waals surface area contributed by atoms with Gasteiger partial charge in [-0.25, -0.2) is 9.55 Å². The second-order valence-corrected chi connectivity index (χ2v) is 9.36. The van der Waals surface area contributed by atoms with Gasteiger partial charge in [0.05, 0.1) is 22.3 Å². The average molecular weight is 473 g/mol. The standard InChI is InChI=1S/C23H16N6O2S2/c1-14-6-8-16(9-7-14)28-20(31)17-4-2-3-5-18(17)29-21(28)25-26-23(29)33-13-15-12-19(30)27-10-11-32-22(27)24-15/h2-12H,13H2,1H3. The summed E-state index contributed by atoms with van der Waals surface area (Å²) in [5.41, 5.74) is 2.97. The summed E-state index contributed by atoms with van der Waals surface area (Å²) in [6.45, 7) is 2.00. The van der Waals surface area contributed by atoms with E-state index in [2.05, 4.69) is 15.2 Å². The lowest BCUT2D eigenvalue weighted by molar-refractivity contribution is 0.928. The zero-order valence-corrected chi connectivity index (χ0v) is 19.0.